The predicted octanol–water partition coefficient (Wildman–Crippen LogP) is 3.07. The summed E-state index contributed by atoms with van der Waals surface area (Å²) in [7, 11) is 2.03. The van der Waals surface area contributed by atoms with Gasteiger partial charge in [0.2, 0.25) is 0 Å². The summed E-state index contributed by atoms with van der Waals surface area (Å²) in [6.07, 6.45) is 6.60. The first-order valence-electron chi connectivity index (χ1n) is 7.05. The van der Waals surface area contributed by atoms with Gasteiger partial charge in [0, 0.05) is 24.4 Å². The Morgan fingerprint density at radius 3 is 2.84 bits per heavy atom. The van der Waals surface area contributed by atoms with Crippen molar-refractivity contribution < 1.29 is 0 Å². The second-order valence-electron chi connectivity index (χ2n) is 5.25. The Morgan fingerprint density at radius 2 is 2.05 bits per heavy atom. The van der Waals surface area contributed by atoms with Gasteiger partial charge in [-0.05, 0) is 55.1 Å². The molecule has 1 aliphatic carbocycles. The van der Waals surface area contributed by atoms with Gasteiger partial charge in [-0.3, -0.25) is 4.98 Å². The predicted molar refractivity (Wildman–Crippen MR) is 78.2 cm³/mol. The standard InChI is InChI=1S/C17H20N2/c1-18-17(12-16-7-2-3-10-19-16)15-9-8-13-5-4-6-14(13)11-15/h2-3,7-11,17-18H,4-6,12H2,1H3. The number of aryl methyl sites for hydroxylation is 2. The van der Waals surface area contributed by atoms with Crippen LogP contribution < -0.4 is 5.32 Å². The molecular formula is C17H20N2. The minimum Gasteiger partial charge on any atom is -0.313 e. The highest BCUT2D eigenvalue weighted by Gasteiger charge is 2.15. The average molecular weight is 252 g/mol. The first-order valence-corrected chi connectivity index (χ1v) is 7.05. The molecule has 1 heterocycles. The number of nitrogens with zero attached hydrogens (tertiary/aromatic N) is 1. The Labute approximate surface area is 114 Å². The molecule has 1 aliphatic rings. The molecule has 0 fully saturated rings. The van der Waals surface area contributed by atoms with Gasteiger partial charge in [-0.25, -0.2) is 0 Å². The van der Waals surface area contributed by atoms with Crippen molar-refractivity contribution in [3.8, 4) is 0 Å². The van der Waals surface area contributed by atoms with Crippen LogP contribution in [0.2, 0.25) is 0 Å². The lowest BCUT2D eigenvalue weighted by atomic mass is 9.98. The van der Waals surface area contributed by atoms with Gasteiger partial charge in [-0.1, -0.05) is 24.3 Å². The molecule has 0 aliphatic heterocycles. The third-order valence-corrected chi connectivity index (χ3v) is 4.01. The first kappa shape index (κ1) is 12.4. The fraction of sp³-hybridized carbons (Fsp3) is 0.353. The molecule has 0 spiro atoms. The molecule has 0 amide bonds. The van der Waals surface area contributed by atoms with Crippen LogP contribution in [-0.4, -0.2) is 12.0 Å². The zero-order valence-corrected chi connectivity index (χ0v) is 11.4. The van der Waals surface area contributed by atoms with Gasteiger partial charge >= 0.3 is 0 Å². The van der Waals surface area contributed by atoms with Gasteiger partial charge in [-0.15, -0.1) is 0 Å². The van der Waals surface area contributed by atoms with Crippen molar-refractivity contribution in [3.05, 3.63) is 65.0 Å². The van der Waals surface area contributed by atoms with Gasteiger partial charge in [0.15, 0.2) is 0 Å². The second kappa shape index (κ2) is 5.54. The van der Waals surface area contributed by atoms with Crippen molar-refractivity contribution in [2.24, 2.45) is 0 Å². The van der Waals surface area contributed by atoms with Crippen molar-refractivity contribution in [2.75, 3.05) is 7.05 Å². The van der Waals surface area contributed by atoms with Crippen LogP contribution in [0.1, 0.15) is 34.8 Å². The minimum atomic E-state index is 0.348. The van der Waals surface area contributed by atoms with Crippen LogP contribution in [0.3, 0.4) is 0 Å². The zero-order chi connectivity index (χ0) is 13.1. The summed E-state index contributed by atoms with van der Waals surface area (Å²) in [5, 5.41) is 3.42. The number of pyridine rings is 1. The van der Waals surface area contributed by atoms with Crippen molar-refractivity contribution in [3.63, 3.8) is 0 Å². The second-order valence-corrected chi connectivity index (χ2v) is 5.25. The van der Waals surface area contributed by atoms with E-state index in [0.717, 1.165) is 12.1 Å². The van der Waals surface area contributed by atoms with E-state index in [1.54, 1.807) is 5.56 Å². The summed E-state index contributed by atoms with van der Waals surface area (Å²) in [6.45, 7) is 0. The summed E-state index contributed by atoms with van der Waals surface area (Å²) < 4.78 is 0. The number of benzene rings is 1. The molecule has 1 aromatic heterocycles. The van der Waals surface area contributed by atoms with Crippen molar-refractivity contribution in [1.82, 2.24) is 10.3 Å². The number of hydrogen-bond donors (Lipinski definition) is 1. The Morgan fingerprint density at radius 1 is 1.16 bits per heavy atom. The molecule has 2 nitrogen and oxygen atoms in total. The Hall–Kier alpha value is -1.67. The van der Waals surface area contributed by atoms with E-state index in [0.29, 0.717) is 6.04 Å². The third-order valence-electron chi connectivity index (χ3n) is 4.01. The summed E-state index contributed by atoms with van der Waals surface area (Å²) >= 11 is 0. The number of aromatic nitrogens is 1. The maximum Gasteiger partial charge on any atom is 0.0422 e. The molecular weight excluding hydrogens is 232 g/mol. The van der Waals surface area contributed by atoms with E-state index in [4.69, 9.17) is 0 Å². The molecule has 0 bridgehead atoms. The molecule has 1 unspecified atom stereocenters. The molecule has 19 heavy (non-hydrogen) atoms. The van der Waals surface area contributed by atoms with Crippen LogP contribution in [0, 0.1) is 0 Å². The van der Waals surface area contributed by atoms with Crippen LogP contribution in [-0.2, 0) is 19.3 Å². The number of likely N-dealkylation sites (N-methyl/N-ethyl adjacent to an activating group) is 1. The topological polar surface area (TPSA) is 24.9 Å². The highest BCUT2D eigenvalue weighted by Crippen LogP contribution is 2.26. The lowest BCUT2D eigenvalue weighted by molar-refractivity contribution is 0.584. The Kier molecular flexibility index (Phi) is 3.60. The first-order chi connectivity index (χ1) is 9.36. The Balaban J connectivity index is 1.82. The number of rotatable bonds is 4. The number of nitrogens with one attached hydrogen (secondary N) is 1. The maximum absolute atomic E-state index is 4.42. The average Bonchev–Trinajstić information content (AvgIpc) is 2.93. The van der Waals surface area contributed by atoms with Gasteiger partial charge in [0.1, 0.15) is 0 Å². The number of hydrogen-bond acceptors (Lipinski definition) is 2. The summed E-state index contributed by atoms with van der Waals surface area (Å²) in [4.78, 5) is 4.42. The molecule has 1 aromatic carbocycles. The largest absolute Gasteiger partial charge is 0.313 e. The minimum absolute atomic E-state index is 0.348. The zero-order valence-electron chi connectivity index (χ0n) is 11.4. The molecule has 0 saturated heterocycles. The molecule has 1 atom stereocenters. The van der Waals surface area contributed by atoms with Gasteiger partial charge in [-0.2, -0.15) is 0 Å². The van der Waals surface area contributed by atoms with E-state index >= 15 is 0 Å². The highest BCUT2D eigenvalue weighted by atomic mass is 14.9. The fourth-order valence-electron chi connectivity index (χ4n) is 2.92. The quantitative estimate of drug-likeness (QED) is 0.904. The normalized spacial score (nSPS) is 15.2. The lowest BCUT2D eigenvalue weighted by Crippen LogP contribution is -2.19. The smallest absolute Gasteiger partial charge is 0.0422 e. The van der Waals surface area contributed by atoms with Crippen LogP contribution >= 0.6 is 0 Å². The lowest BCUT2D eigenvalue weighted by Gasteiger charge is -2.17. The molecule has 3 rings (SSSR count). The molecule has 0 saturated carbocycles. The number of fused-ring (bicyclic) bond motifs is 1. The van der Waals surface area contributed by atoms with E-state index < -0.39 is 0 Å². The maximum atomic E-state index is 4.42. The van der Waals surface area contributed by atoms with E-state index in [2.05, 4.69) is 40.6 Å². The van der Waals surface area contributed by atoms with Crippen LogP contribution in [0.5, 0.6) is 0 Å². The van der Waals surface area contributed by atoms with Crippen molar-refractivity contribution in [1.29, 1.82) is 0 Å². The SMILES string of the molecule is CNC(Cc1ccccn1)c1ccc2c(c1)CCC2. The van der Waals surface area contributed by atoms with E-state index in [1.807, 2.05) is 19.3 Å². The van der Waals surface area contributed by atoms with E-state index in [9.17, 15) is 0 Å². The molecule has 0 radical (unpaired) electrons. The fourth-order valence-corrected chi connectivity index (χ4v) is 2.92. The van der Waals surface area contributed by atoms with Gasteiger partial charge < -0.3 is 5.32 Å². The molecule has 2 aromatic rings. The van der Waals surface area contributed by atoms with Crippen molar-refractivity contribution >= 4 is 0 Å². The van der Waals surface area contributed by atoms with Crippen molar-refractivity contribution in [2.45, 2.75) is 31.7 Å². The Bertz CT molecular complexity index is 548. The van der Waals surface area contributed by atoms with Crippen LogP contribution in [0.15, 0.2) is 42.6 Å². The molecule has 1 N–H and O–H groups in total. The summed E-state index contributed by atoms with van der Waals surface area (Å²) in [5.41, 5.74) is 5.60. The van der Waals surface area contributed by atoms with E-state index in [-0.39, 0.29) is 0 Å². The van der Waals surface area contributed by atoms with Crippen LogP contribution in [0.25, 0.3) is 0 Å². The van der Waals surface area contributed by atoms with Gasteiger partial charge in [0.05, 0.1) is 0 Å². The van der Waals surface area contributed by atoms with E-state index in [1.165, 1.54) is 30.4 Å². The summed E-state index contributed by atoms with van der Waals surface area (Å²) in [6, 6.07) is 13.4. The highest BCUT2D eigenvalue weighted by molar-refractivity contribution is 5.37. The molecule has 98 valence electrons. The summed E-state index contributed by atoms with van der Waals surface area (Å²) in [5.74, 6) is 0. The van der Waals surface area contributed by atoms with Crippen LogP contribution in [0.4, 0.5) is 0 Å². The monoisotopic (exact) mass is 252 g/mol. The molecule has 2 heteroatoms. The van der Waals surface area contributed by atoms with Gasteiger partial charge in [0.25, 0.3) is 0 Å². The third kappa shape index (κ3) is 2.69.